The van der Waals surface area contributed by atoms with Gasteiger partial charge in [0, 0.05) is 0 Å². The minimum Gasteiger partial charge on any atom is -0.274 e. The van der Waals surface area contributed by atoms with Gasteiger partial charge in [0.2, 0.25) is 0 Å². The van der Waals surface area contributed by atoms with Crippen molar-refractivity contribution >= 4 is 23.7 Å². The van der Waals surface area contributed by atoms with Crippen molar-refractivity contribution in [2.24, 2.45) is 0 Å². The molecule has 3 nitrogen and oxygen atoms in total. The van der Waals surface area contributed by atoms with E-state index in [2.05, 4.69) is 5.10 Å². The molecule has 0 aliphatic carbocycles. The number of hydrogen-bond acceptors (Lipinski definition) is 3. The van der Waals surface area contributed by atoms with Gasteiger partial charge in [-0.1, -0.05) is 41.7 Å². The third kappa shape index (κ3) is 2.43. The maximum atomic E-state index is 7.52. The van der Waals surface area contributed by atoms with Gasteiger partial charge in [0.05, 0.1) is 6.54 Å². The molecule has 0 fully saturated rings. The summed E-state index contributed by atoms with van der Waals surface area (Å²) in [5.74, 6) is 0. The molecule has 0 aliphatic heterocycles. The van der Waals surface area contributed by atoms with Crippen LogP contribution in [-0.4, -0.2) is 9.78 Å². The monoisotopic (exact) mass is 227 g/mol. The molecule has 0 atom stereocenters. The lowest BCUT2D eigenvalue weighted by molar-refractivity contribution is 0.649. The Bertz CT molecular complexity index is 435. The SMILES string of the molecule is Cl.N=c1scnn1Cc1ccccc1. The Kier molecular flexibility index (Phi) is 3.85. The summed E-state index contributed by atoms with van der Waals surface area (Å²) in [5, 5.41) is 11.6. The fourth-order valence-corrected chi connectivity index (χ4v) is 1.61. The number of halogens is 1. The first kappa shape index (κ1) is 10.9. The predicted octanol–water partition coefficient (Wildman–Crippen LogP) is 1.89. The molecule has 0 aliphatic rings. The highest BCUT2D eigenvalue weighted by Gasteiger charge is 1.95. The van der Waals surface area contributed by atoms with Gasteiger partial charge in [-0.3, -0.25) is 5.41 Å². The third-order valence-electron chi connectivity index (χ3n) is 1.76. The molecule has 2 rings (SSSR count). The molecule has 2 aromatic rings. The smallest absolute Gasteiger partial charge is 0.200 e. The minimum atomic E-state index is 0. The van der Waals surface area contributed by atoms with Gasteiger partial charge in [-0.2, -0.15) is 5.10 Å². The van der Waals surface area contributed by atoms with E-state index in [1.807, 2.05) is 30.3 Å². The first-order valence-corrected chi connectivity index (χ1v) is 4.83. The van der Waals surface area contributed by atoms with E-state index in [1.165, 1.54) is 16.9 Å². The highest BCUT2D eigenvalue weighted by atomic mass is 35.5. The van der Waals surface area contributed by atoms with Crippen molar-refractivity contribution in [3.63, 3.8) is 0 Å². The summed E-state index contributed by atoms with van der Waals surface area (Å²) < 4.78 is 1.68. The molecule has 14 heavy (non-hydrogen) atoms. The Morgan fingerprint density at radius 1 is 1.29 bits per heavy atom. The van der Waals surface area contributed by atoms with Gasteiger partial charge in [0.1, 0.15) is 5.51 Å². The van der Waals surface area contributed by atoms with Gasteiger partial charge in [-0.05, 0) is 5.56 Å². The number of hydrogen-bond donors (Lipinski definition) is 1. The molecule has 0 unspecified atom stereocenters. The van der Waals surface area contributed by atoms with Gasteiger partial charge in [-0.15, -0.1) is 12.4 Å². The van der Waals surface area contributed by atoms with Crippen LogP contribution in [0.1, 0.15) is 5.56 Å². The molecule has 0 saturated heterocycles. The van der Waals surface area contributed by atoms with Crippen LogP contribution in [0.5, 0.6) is 0 Å². The van der Waals surface area contributed by atoms with E-state index < -0.39 is 0 Å². The number of rotatable bonds is 2. The van der Waals surface area contributed by atoms with Crippen molar-refractivity contribution in [1.29, 1.82) is 5.41 Å². The largest absolute Gasteiger partial charge is 0.274 e. The van der Waals surface area contributed by atoms with Crippen molar-refractivity contribution in [1.82, 2.24) is 9.78 Å². The summed E-state index contributed by atoms with van der Waals surface area (Å²) in [6, 6.07) is 10.0. The molecular weight excluding hydrogens is 218 g/mol. The van der Waals surface area contributed by atoms with Crippen molar-refractivity contribution in [2.75, 3.05) is 0 Å². The average Bonchev–Trinajstić information content (AvgIpc) is 2.54. The van der Waals surface area contributed by atoms with Crippen LogP contribution in [0.4, 0.5) is 0 Å². The maximum Gasteiger partial charge on any atom is 0.200 e. The zero-order valence-corrected chi connectivity index (χ0v) is 9.02. The van der Waals surface area contributed by atoms with E-state index in [1.54, 1.807) is 10.2 Å². The average molecular weight is 228 g/mol. The summed E-state index contributed by atoms with van der Waals surface area (Å²) in [6.07, 6.45) is 0. The molecule has 1 N–H and O–H groups in total. The van der Waals surface area contributed by atoms with Crippen LogP contribution < -0.4 is 4.80 Å². The molecule has 0 amide bonds. The second-order valence-corrected chi connectivity index (χ2v) is 3.52. The summed E-state index contributed by atoms with van der Waals surface area (Å²) in [7, 11) is 0. The van der Waals surface area contributed by atoms with E-state index in [0.717, 1.165) is 0 Å². The van der Waals surface area contributed by atoms with Crippen LogP contribution in [0.2, 0.25) is 0 Å². The Labute approximate surface area is 91.9 Å². The zero-order valence-electron chi connectivity index (χ0n) is 7.38. The van der Waals surface area contributed by atoms with Crippen LogP contribution in [0, 0.1) is 5.41 Å². The summed E-state index contributed by atoms with van der Waals surface area (Å²) in [4.78, 5) is 0.490. The van der Waals surface area contributed by atoms with E-state index in [0.29, 0.717) is 11.3 Å². The topological polar surface area (TPSA) is 41.7 Å². The fraction of sp³-hybridized carbons (Fsp3) is 0.111. The van der Waals surface area contributed by atoms with Gasteiger partial charge in [-0.25, -0.2) is 4.68 Å². The van der Waals surface area contributed by atoms with Gasteiger partial charge in [0.15, 0.2) is 4.80 Å². The van der Waals surface area contributed by atoms with Gasteiger partial charge >= 0.3 is 0 Å². The lowest BCUT2D eigenvalue weighted by Gasteiger charge is -1.99. The lowest BCUT2D eigenvalue weighted by Crippen LogP contribution is -2.15. The van der Waals surface area contributed by atoms with E-state index in [-0.39, 0.29) is 12.4 Å². The van der Waals surface area contributed by atoms with Crippen molar-refractivity contribution < 1.29 is 0 Å². The summed E-state index contributed by atoms with van der Waals surface area (Å²) in [6.45, 7) is 0.684. The predicted molar refractivity (Wildman–Crippen MR) is 58.8 cm³/mol. The highest BCUT2D eigenvalue weighted by Crippen LogP contribution is 1.99. The van der Waals surface area contributed by atoms with Gasteiger partial charge in [0.25, 0.3) is 0 Å². The van der Waals surface area contributed by atoms with Crippen LogP contribution in [0.3, 0.4) is 0 Å². The molecule has 0 saturated carbocycles. The minimum absolute atomic E-state index is 0. The Morgan fingerprint density at radius 2 is 2.00 bits per heavy atom. The standard InChI is InChI=1S/C9H9N3S.ClH/c10-9-12(11-7-13-9)6-8-4-2-1-3-5-8;/h1-5,7,10H,6H2;1H. The molecule has 74 valence electrons. The molecule has 5 heteroatoms. The Balaban J connectivity index is 0.000000980. The van der Waals surface area contributed by atoms with Crippen molar-refractivity contribution in [3.05, 3.63) is 46.2 Å². The van der Waals surface area contributed by atoms with Gasteiger partial charge < -0.3 is 0 Å². The second-order valence-electron chi connectivity index (χ2n) is 2.69. The number of aromatic nitrogens is 2. The quantitative estimate of drug-likeness (QED) is 0.837. The van der Waals surface area contributed by atoms with E-state index >= 15 is 0 Å². The van der Waals surface area contributed by atoms with E-state index in [9.17, 15) is 0 Å². The van der Waals surface area contributed by atoms with Crippen LogP contribution in [-0.2, 0) is 6.54 Å². The van der Waals surface area contributed by atoms with Crippen LogP contribution >= 0.6 is 23.7 Å². The van der Waals surface area contributed by atoms with Crippen molar-refractivity contribution in [3.8, 4) is 0 Å². The van der Waals surface area contributed by atoms with Crippen molar-refractivity contribution in [2.45, 2.75) is 6.54 Å². The number of nitrogens with zero attached hydrogens (tertiary/aromatic N) is 2. The molecule has 0 bridgehead atoms. The lowest BCUT2D eigenvalue weighted by atomic mass is 10.2. The highest BCUT2D eigenvalue weighted by molar-refractivity contribution is 7.06. The molecular formula is C9H10ClN3S. The first-order chi connectivity index (χ1) is 6.36. The summed E-state index contributed by atoms with van der Waals surface area (Å²) in [5.41, 5.74) is 2.86. The van der Waals surface area contributed by atoms with E-state index in [4.69, 9.17) is 5.41 Å². The Hall–Kier alpha value is -1.13. The maximum absolute atomic E-state index is 7.52. The molecule has 1 aromatic carbocycles. The molecule has 0 radical (unpaired) electrons. The van der Waals surface area contributed by atoms with Crippen LogP contribution in [0.15, 0.2) is 35.8 Å². The molecule has 1 aromatic heterocycles. The number of benzene rings is 1. The van der Waals surface area contributed by atoms with Crippen LogP contribution in [0.25, 0.3) is 0 Å². The molecule has 1 heterocycles. The molecule has 0 spiro atoms. The first-order valence-electron chi connectivity index (χ1n) is 3.95. The zero-order chi connectivity index (χ0) is 9.10. The second kappa shape index (κ2) is 4.93. The fourth-order valence-electron chi connectivity index (χ4n) is 1.11. The third-order valence-corrected chi connectivity index (χ3v) is 2.39. The normalized spacial score (nSPS) is 9.43. The number of nitrogens with one attached hydrogen (secondary N) is 1. The Morgan fingerprint density at radius 3 is 2.57 bits per heavy atom. The summed E-state index contributed by atoms with van der Waals surface area (Å²) >= 11 is 1.34.